The highest BCUT2D eigenvalue weighted by atomic mass is 32.2. The number of amides is 1. The molecule has 6 nitrogen and oxygen atoms in total. The number of thiophene rings is 1. The zero-order chi connectivity index (χ0) is 15.5. The number of rotatable bonds is 3. The fourth-order valence-electron chi connectivity index (χ4n) is 2.24. The van der Waals surface area contributed by atoms with Crippen LogP contribution in [0.25, 0.3) is 0 Å². The van der Waals surface area contributed by atoms with Crippen molar-refractivity contribution in [2.24, 2.45) is 0 Å². The first kappa shape index (κ1) is 16.0. The van der Waals surface area contributed by atoms with E-state index in [1.807, 2.05) is 17.5 Å². The van der Waals surface area contributed by atoms with Crippen molar-refractivity contribution < 1.29 is 22.7 Å². The molecule has 1 aliphatic rings. The third-order valence-electron chi connectivity index (χ3n) is 3.35. The number of hydrogen-bond acceptors (Lipinski definition) is 6. The lowest BCUT2D eigenvalue weighted by molar-refractivity contribution is -0.150. The van der Waals surface area contributed by atoms with Crippen LogP contribution in [0.2, 0.25) is 0 Å². The Morgan fingerprint density at radius 1 is 1.43 bits per heavy atom. The highest BCUT2D eigenvalue weighted by Gasteiger charge is 2.33. The van der Waals surface area contributed by atoms with Gasteiger partial charge in [-0.2, -0.15) is 0 Å². The highest BCUT2D eigenvalue weighted by Crippen LogP contribution is 2.32. The van der Waals surface area contributed by atoms with Gasteiger partial charge in [0.2, 0.25) is 0 Å². The SMILES string of the molecule is CC(=O)OCC(=O)N1CC[C@H](c2cccs2)S(=O)(=O)CC1. The molecule has 1 aromatic heterocycles. The van der Waals surface area contributed by atoms with Crippen LogP contribution < -0.4 is 0 Å². The Kier molecular flexibility index (Phi) is 5.00. The molecule has 0 radical (unpaired) electrons. The molecule has 21 heavy (non-hydrogen) atoms. The lowest BCUT2D eigenvalue weighted by Gasteiger charge is -2.19. The van der Waals surface area contributed by atoms with Crippen molar-refractivity contribution in [2.75, 3.05) is 25.4 Å². The second-order valence-electron chi connectivity index (χ2n) is 4.82. The van der Waals surface area contributed by atoms with Gasteiger partial charge < -0.3 is 9.64 Å². The predicted molar refractivity (Wildman–Crippen MR) is 78.7 cm³/mol. The van der Waals surface area contributed by atoms with Gasteiger partial charge in [0, 0.05) is 24.9 Å². The summed E-state index contributed by atoms with van der Waals surface area (Å²) in [6.45, 7) is 1.39. The molecule has 2 rings (SSSR count). The largest absolute Gasteiger partial charge is 0.456 e. The van der Waals surface area contributed by atoms with Gasteiger partial charge in [-0.05, 0) is 17.9 Å². The summed E-state index contributed by atoms with van der Waals surface area (Å²) in [4.78, 5) is 24.9. The van der Waals surface area contributed by atoms with E-state index in [0.29, 0.717) is 13.0 Å². The number of nitrogens with zero attached hydrogens (tertiary/aromatic N) is 1. The molecular weight excluding hydrogens is 314 g/mol. The van der Waals surface area contributed by atoms with Gasteiger partial charge in [-0.3, -0.25) is 9.59 Å². The molecule has 0 unspecified atom stereocenters. The number of esters is 1. The van der Waals surface area contributed by atoms with Gasteiger partial charge in [0.15, 0.2) is 16.4 Å². The Labute approximate surface area is 127 Å². The average Bonchev–Trinajstić information content (AvgIpc) is 2.88. The molecule has 1 aliphatic heterocycles. The van der Waals surface area contributed by atoms with Crippen LogP contribution >= 0.6 is 11.3 Å². The summed E-state index contributed by atoms with van der Waals surface area (Å²) >= 11 is 1.41. The average molecular weight is 331 g/mol. The van der Waals surface area contributed by atoms with Crippen LogP contribution in [0.4, 0.5) is 0 Å². The third-order valence-corrected chi connectivity index (χ3v) is 6.60. The van der Waals surface area contributed by atoms with E-state index in [1.165, 1.54) is 23.2 Å². The van der Waals surface area contributed by atoms with Crippen molar-refractivity contribution in [3.63, 3.8) is 0 Å². The lowest BCUT2D eigenvalue weighted by atomic mass is 10.2. The third kappa shape index (κ3) is 4.04. The number of carbonyl (C=O) groups excluding carboxylic acids is 2. The molecule has 1 amide bonds. The van der Waals surface area contributed by atoms with E-state index in [4.69, 9.17) is 0 Å². The van der Waals surface area contributed by atoms with Crippen LogP contribution in [0.15, 0.2) is 17.5 Å². The molecular formula is C13H17NO5S2. The van der Waals surface area contributed by atoms with Crippen molar-refractivity contribution in [2.45, 2.75) is 18.6 Å². The monoisotopic (exact) mass is 331 g/mol. The minimum Gasteiger partial charge on any atom is -0.456 e. The summed E-state index contributed by atoms with van der Waals surface area (Å²) in [6.07, 6.45) is 0.370. The Bertz CT molecular complexity index is 609. The molecule has 2 heterocycles. The van der Waals surface area contributed by atoms with Crippen molar-refractivity contribution in [1.29, 1.82) is 0 Å². The van der Waals surface area contributed by atoms with E-state index in [1.54, 1.807) is 0 Å². The number of carbonyl (C=O) groups is 2. The number of hydrogen-bond donors (Lipinski definition) is 0. The van der Waals surface area contributed by atoms with Crippen molar-refractivity contribution in [1.82, 2.24) is 4.90 Å². The smallest absolute Gasteiger partial charge is 0.303 e. The minimum atomic E-state index is -3.27. The number of sulfone groups is 1. The molecule has 0 bridgehead atoms. The second kappa shape index (κ2) is 6.57. The first-order chi connectivity index (χ1) is 9.90. The molecule has 0 spiro atoms. The predicted octanol–water partition coefficient (Wildman–Crippen LogP) is 0.999. The van der Waals surface area contributed by atoms with E-state index in [-0.39, 0.29) is 24.8 Å². The summed E-state index contributed by atoms with van der Waals surface area (Å²) in [5.74, 6) is -0.948. The van der Waals surface area contributed by atoms with Crippen LogP contribution in [0.3, 0.4) is 0 Å². The molecule has 0 aromatic carbocycles. The summed E-state index contributed by atoms with van der Waals surface area (Å²) in [6, 6.07) is 3.63. The zero-order valence-corrected chi connectivity index (χ0v) is 13.3. The fourth-order valence-corrected chi connectivity index (χ4v) is 5.25. The molecule has 1 saturated heterocycles. The summed E-state index contributed by atoms with van der Waals surface area (Å²) in [5, 5.41) is 1.29. The van der Waals surface area contributed by atoms with Gasteiger partial charge in [0.1, 0.15) is 0 Å². The second-order valence-corrected chi connectivity index (χ2v) is 8.10. The maximum atomic E-state index is 12.3. The summed E-state index contributed by atoms with van der Waals surface area (Å²) in [5.41, 5.74) is 0. The highest BCUT2D eigenvalue weighted by molar-refractivity contribution is 7.91. The van der Waals surface area contributed by atoms with E-state index in [2.05, 4.69) is 4.74 Å². The Morgan fingerprint density at radius 2 is 2.19 bits per heavy atom. The standard InChI is InChI=1S/C13H17NO5S2/c1-10(15)19-9-13(16)14-5-4-12(11-3-2-7-20-11)21(17,18)8-6-14/h2-3,7,12H,4-6,8-9H2,1H3/t12-/m1/s1. The number of ether oxygens (including phenoxy) is 1. The van der Waals surface area contributed by atoms with Crippen LogP contribution in [-0.4, -0.2) is 50.6 Å². The Morgan fingerprint density at radius 3 is 2.81 bits per heavy atom. The molecule has 0 saturated carbocycles. The molecule has 1 fully saturated rings. The van der Waals surface area contributed by atoms with Gasteiger partial charge in [-0.1, -0.05) is 6.07 Å². The molecule has 1 atom stereocenters. The first-order valence-electron chi connectivity index (χ1n) is 6.56. The van der Waals surface area contributed by atoms with E-state index in [9.17, 15) is 18.0 Å². The lowest BCUT2D eigenvalue weighted by Crippen LogP contribution is -2.36. The van der Waals surface area contributed by atoms with E-state index < -0.39 is 21.1 Å². The molecule has 1 aromatic rings. The quantitative estimate of drug-likeness (QED) is 0.772. The Balaban J connectivity index is 2.06. The zero-order valence-electron chi connectivity index (χ0n) is 11.6. The fraction of sp³-hybridized carbons (Fsp3) is 0.538. The van der Waals surface area contributed by atoms with E-state index in [0.717, 1.165) is 4.88 Å². The van der Waals surface area contributed by atoms with Crippen LogP contribution in [0.5, 0.6) is 0 Å². The van der Waals surface area contributed by atoms with Crippen LogP contribution in [-0.2, 0) is 24.2 Å². The molecule has 8 heteroatoms. The molecule has 116 valence electrons. The van der Waals surface area contributed by atoms with Crippen molar-refractivity contribution in [3.8, 4) is 0 Å². The van der Waals surface area contributed by atoms with Gasteiger partial charge in [-0.15, -0.1) is 11.3 Å². The first-order valence-corrected chi connectivity index (χ1v) is 9.16. The van der Waals surface area contributed by atoms with Crippen molar-refractivity contribution >= 4 is 33.1 Å². The van der Waals surface area contributed by atoms with Crippen molar-refractivity contribution in [3.05, 3.63) is 22.4 Å². The van der Waals surface area contributed by atoms with Crippen LogP contribution in [0, 0.1) is 0 Å². The maximum absolute atomic E-state index is 12.3. The minimum absolute atomic E-state index is 0.0681. The van der Waals surface area contributed by atoms with Gasteiger partial charge >= 0.3 is 5.97 Å². The maximum Gasteiger partial charge on any atom is 0.303 e. The molecule has 0 aliphatic carbocycles. The van der Waals surface area contributed by atoms with Gasteiger partial charge in [0.25, 0.3) is 5.91 Å². The van der Waals surface area contributed by atoms with E-state index >= 15 is 0 Å². The topological polar surface area (TPSA) is 80.8 Å². The van der Waals surface area contributed by atoms with Gasteiger partial charge in [0.05, 0.1) is 11.0 Å². The normalized spacial score (nSPS) is 21.6. The summed E-state index contributed by atoms with van der Waals surface area (Å²) in [7, 11) is -3.27. The van der Waals surface area contributed by atoms with Gasteiger partial charge in [-0.25, -0.2) is 8.42 Å². The van der Waals surface area contributed by atoms with Crippen LogP contribution in [0.1, 0.15) is 23.5 Å². The summed E-state index contributed by atoms with van der Waals surface area (Å²) < 4.78 is 29.3. The molecule has 0 N–H and O–H groups in total. The Hall–Kier alpha value is -1.41.